The summed E-state index contributed by atoms with van der Waals surface area (Å²) >= 11 is 0. The van der Waals surface area contributed by atoms with Crippen molar-refractivity contribution in [1.82, 2.24) is 5.32 Å². The summed E-state index contributed by atoms with van der Waals surface area (Å²) in [7, 11) is 0. The van der Waals surface area contributed by atoms with Crippen LogP contribution in [0.4, 0.5) is 22.0 Å². The van der Waals surface area contributed by atoms with Crippen LogP contribution in [0.5, 0.6) is 0 Å². The highest BCUT2D eigenvalue weighted by molar-refractivity contribution is 5.77. The Morgan fingerprint density at radius 1 is 1.33 bits per heavy atom. The van der Waals surface area contributed by atoms with Gasteiger partial charge in [0, 0.05) is 13.0 Å². The molecule has 0 aliphatic carbocycles. The van der Waals surface area contributed by atoms with Gasteiger partial charge in [-0.1, -0.05) is 0 Å². The van der Waals surface area contributed by atoms with Crippen LogP contribution in [0.2, 0.25) is 0 Å². The topological polar surface area (TPSA) is 92.4 Å². The minimum absolute atomic E-state index is 0.269. The first-order chi connectivity index (χ1) is 7.96. The highest BCUT2D eigenvalue weighted by Gasteiger charge is 2.38. The summed E-state index contributed by atoms with van der Waals surface area (Å²) in [4.78, 5) is 19.4. The fourth-order valence-corrected chi connectivity index (χ4v) is 1.14. The third kappa shape index (κ3) is 6.33. The van der Waals surface area contributed by atoms with Crippen LogP contribution in [0, 0.1) is 5.92 Å². The number of nitrogens with two attached hydrogens (primary N) is 1. The summed E-state index contributed by atoms with van der Waals surface area (Å²) < 4.78 is 56.8. The Kier molecular flexibility index (Phi) is 5.46. The molecule has 0 spiro atoms. The number of carboxylic acids is 1. The maximum atomic E-state index is 12.5. The van der Waals surface area contributed by atoms with E-state index in [-0.39, 0.29) is 13.1 Å². The van der Waals surface area contributed by atoms with Crippen molar-refractivity contribution >= 4 is 11.9 Å². The molecule has 1 rings (SSSR count). The van der Waals surface area contributed by atoms with Gasteiger partial charge in [0.05, 0.1) is 12.5 Å². The van der Waals surface area contributed by atoms with Crippen molar-refractivity contribution in [1.29, 1.82) is 0 Å². The zero-order valence-electron chi connectivity index (χ0n) is 8.93. The van der Waals surface area contributed by atoms with Crippen LogP contribution in [0.3, 0.4) is 0 Å². The number of nitrogens with one attached hydrogen (secondary N) is 1. The average molecular weight is 278 g/mol. The molecule has 1 saturated heterocycles. The van der Waals surface area contributed by atoms with Crippen LogP contribution >= 0.6 is 0 Å². The fourth-order valence-electron chi connectivity index (χ4n) is 1.14. The molecule has 0 saturated carbocycles. The molecule has 1 fully saturated rings. The lowest BCUT2D eigenvalue weighted by atomic mass is 9.96. The standard InChI is InChI=1S/C6H10F2N2O.C2HF3O2/c7-6(8)1-4(5(9)11)2-10-3-6;3-2(4,5)1(6)7/h4,10H,1-3H2,(H2,9,11);(H,6,7). The van der Waals surface area contributed by atoms with Crippen LogP contribution in [0.1, 0.15) is 6.42 Å². The van der Waals surface area contributed by atoms with Crippen molar-refractivity contribution < 1.29 is 36.6 Å². The summed E-state index contributed by atoms with van der Waals surface area (Å²) in [6.07, 6.45) is -5.50. The minimum Gasteiger partial charge on any atom is -0.475 e. The van der Waals surface area contributed by atoms with Crippen LogP contribution < -0.4 is 11.1 Å². The molecule has 1 aliphatic heterocycles. The number of primary amides is 1. The number of hydrogen-bond donors (Lipinski definition) is 3. The van der Waals surface area contributed by atoms with Gasteiger partial charge >= 0.3 is 12.1 Å². The van der Waals surface area contributed by atoms with E-state index in [1.165, 1.54) is 0 Å². The second-order valence-electron chi connectivity index (χ2n) is 3.59. The predicted molar refractivity (Wildman–Crippen MR) is 48.8 cm³/mol. The van der Waals surface area contributed by atoms with Gasteiger partial charge in [-0.25, -0.2) is 13.6 Å². The Morgan fingerprint density at radius 2 is 1.78 bits per heavy atom. The summed E-state index contributed by atoms with van der Waals surface area (Å²) in [6.45, 7) is -0.0816. The molecule has 18 heavy (non-hydrogen) atoms. The predicted octanol–water partition coefficient (Wildman–Crippen LogP) is 0.350. The van der Waals surface area contributed by atoms with Gasteiger partial charge in [-0.2, -0.15) is 13.2 Å². The number of rotatable bonds is 1. The third-order valence-electron chi connectivity index (χ3n) is 1.96. The van der Waals surface area contributed by atoms with E-state index in [0.717, 1.165) is 0 Å². The van der Waals surface area contributed by atoms with Crippen molar-refractivity contribution in [2.45, 2.75) is 18.5 Å². The Morgan fingerprint density at radius 3 is 2.00 bits per heavy atom. The van der Waals surface area contributed by atoms with Crippen molar-refractivity contribution in [3.63, 3.8) is 0 Å². The lowest BCUT2D eigenvalue weighted by Crippen LogP contribution is -2.48. The average Bonchev–Trinajstić information content (AvgIpc) is 2.15. The van der Waals surface area contributed by atoms with E-state index in [4.69, 9.17) is 15.6 Å². The zero-order chi connectivity index (χ0) is 14.6. The number of hydrogen-bond acceptors (Lipinski definition) is 3. The van der Waals surface area contributed by atoms with Gasteiger partial charge in [0.15, 0.2) is 0 Å². The molecule has 106 valence electrons. The van der Waals surface area contributed by atoms with Crippen molar-refractivity contribution in [3.05, 3.63) is 0 Å². The number of amides is 1. The molecule has 1 aliphatic rings. The van der Waals surface area contributed by atoms with Gasteiger partial charge in [0.25, 0.3) is 5.92 Å². The van der Waals surface area contributed by atoms with Gasteiger partial charge in [-0.3, -0.25) is 4.79 Å². The van der Waals surface area contributed by atoms with Gasteiger partial charge < -0.3 is 16.2 Å². The minimum atomic E-state index is -5.08. The molecule has 5 nitrogen and oxygen atoms in total. The number of piperidine rings is 1. The van der Waals surface area contributed by atoms with Crippen molar-refractivity contribution in [2.75, 3.05) is 13.1 Å². The maximum Gasteiger partial charge on any atom is 0.490 e. The summed E-state index contributed by atoms with van der Waals surface area (Å²) in [5.74, 6) is -6.92. The van der Waals surface area contributed by atoms with Crippen LogP contribution in [-0.2, 0) is 9.59 Å². The van der Waals surface area contributed by atoms with Gasteiger partial charge in [-0.05, 0) is 0 Å². The lowest BCUT2D eigenvalue weighted by Gasteiger charge is -2.27. The van der Waals surface area contributed by atoms with E-state index >= 15 is 0 Å². The summed E-state index contributed by atoms with van der Waals surface area (Å²) in [6, 6.07) is 0. The smallest absolute Gasteiger partial charge is 0.475 e. The second kappa shape index (κ2) is 5.94. The van der Waals surface area contributed by atoms with Gasteiger partial charge in [0.2, 0.25) is 5.91 Å². The normalized spacial score (nSPS) is 22.6. The van der Waals surface area contributed by atoms with E-state index in [1.807, 2.05) is 0 Å². The largest absolute Gasteiger partial charge is 0.490 e. The van der Waals surface area contributed by atoms with E-state index < -0.39 is 36.3 Å². The maximum absolute atomic E-state index is 12.5. The molecule has 10 heteroatoms. The molecule has 0 aromatic carbocycles. The molecule has 1 amide bonds. The number of aliphatic carboxylic acids is 1. The summed E-state index contributed by atoms with van der Waals surface area (Å²) in [5.41, 5.74) is 4.88. The molecular formula is C8H11F5N2O3. The first kappa shape index (κ1) is 16.6. The number of halogens is 5. The third-order valence-corrected chi connectivity index (χ3v) is 1.96. The number of carbonyl (C=O) groups is 2. The van der Waals surface area contributed by atoms with E-state index in [2.05, 4.69) is 5.32 Å². The number of carbonyl (C=O) groups excluding carboxylic acids is 1. The van der Waals surface area contributed by atoms with Crippen LogP contribution in [-0.4, -0.2) is 42.2 Å². The SMILES string of the molecule is NC(=O)C1CNCC(F)(F)C1.O=C(O)C(F)(F)F. The Balaban J connectivity index is 0.000000360. The molecule has 0 radical (unpaired) electrons. The van der Waals surface area contributed by atoms with E-state index in [1.54, 1.807) is 0 Å². The lowest BCUT2D eigenvalue weighted by molar-refractivity contribution is -0.192. The van der Waals surface area contributed by atoms with Gasteiger partial charge in [-0.15, -0.1) is 0 Å². The highest BCUT2D eigenvalue weighted by atomic mass is 19.4. The number of alkyl halides is 5. The van der Waals surface area contributed by atoms with Crippen LogP contribution in [0.15, 0.2) is 0 Å². The molecular weight excluding hydrogens is 267 g/mol. The molecule has 1 atom stereocenters. The quantitative estimate of drug-likeness (QED) is 0.603. The second-order valence-corrected chi connectivity index (χ2v) is 3.59. The zero-order valence-corrected chi connectivity index (χ0v) is 8.93. The Hall–Kier alpha value is -1.45. The van der Waals surface area contributed by atoms with E-state index in [0.29, 0.717) is 0 Å². The first-order valence-corrected chi connectivity index (χ1v) is 4.63. The van der Waals surface area contributed by atoms with Crippen LogP contribution in [0.25, 0.3) is 0 Å². The van der Waals surface area contributed by atoms with Crippen molar-refractivity contribution in [3.8, 4) is 0 Å². The number of carboxylic acid groups (broad SMARTS) is 1. The fraction of sp³-hybridized carbons (Fsp3) is 0.750. The molecule has 4 N–H and O–H groups in total. The molecule has 1 heterocycles. The monoisotopic (exact) mass is 278 g/mol. The molecule has 0 bridgehead atoms. The van der Waals surface area contributed by atoms with E-state index in [9.17, 15) is 26.7 Å². The van der Waals surface area contributed by atoms with Gasteiger partial charge in [0.1, 0.15) is 0 Å². The Bertz CT molecular complexity index is 318. The van der Waals surface area contributed by atoms with Crippen molar-refractivity contribution in [2.24, 2.45) is 11.7 Å². The Labute approximate surface area is 98.1 Å². The summed E-state index contributed by atoms with van der Waals surface area (Å²) in [5, 5.41) is 9.58. The molecule has 0 aromatic heterocycles. The highest BCUT2D eigenvalue weighted by Crippen LogP contribution is 2.25. The first-order valence-electron chi connectivity index (χ1n) is 4.63. The molecule has 1 unspecified atom stereocenters. The molecule has 0 aromatic rings.